The largest absolute Gasteiger partial charge is 0.379 e. The molecule has 0 fully saturated rings. The van der Waals surface area contributed by atoms with Crippen molar-refractivity contribution in [3.63, 3.8) is 0 Å². The van der Waals surface area contributed by atoms with E-state index in [0.717, 1.165) is 0 Å². The molecule has 1 aromatic heterocycles. The van der Waals surface area contributed by atoms with Gasteiger partial charge in [0.2, 0.25) is 5.89 Å². The van der Waals surface area contributed by atoms with Crippen LogP contribution in [0, 0.1) is 28.4 Å². The summed E-state index contributed by atoms with van der Waals surface area (Å²) >= 11 is 0. The van der Waals surface area contributed by atoms with E-state index in [1.165, 1.54) is 6.07 Å². The summed E-state index contributed by atoms with van der Waals surface area (Å²) in [5.74, 6) is 0.992. The molecule has 0 spiro atoms. The van der Waals surface area contributed by atoms with Crippen molar-refractivity contribution in [2.45, 2.75) is 13.3 Å². The second kappa shape index (κ2) is 5.79. The van der Waals surface area contributed by atoms with Crippen molar-refractivity contribution in [2.24, 2.45) is 0 Å². The van der Waals surface area contributed by atoms with Gasteiger partial charge in [0.25, 0.3) is 0 Å². The third kappa shape index (κ3) is 2.89. The smallest absolute Gasteiger partial charge is 0.309 e. The van der Waals surface area contributed by atoms with Crippen LogP contribution in [0.15, 0.2) is 22.7 Å². The third-order valence-corrected chi connectivity index (χ3v) is 2.57. The maximum atomic E-state index is 11.0. The Morgan fingerprint density at radius 1 is 1.55 bits per heavy atom. The molecule has 0 aliphatic rings. The van der Waals surface area contributed by atoms with Crippen LogP contribution in [-0.2, 0) is 6.42 Å². The zero-order valence-electron chi connectivity index (χ0n) is 10.7. The van der Waals surface area contributed by atoms with Crippen LogP contribution in [0.5, 0.6) is 0 Å². The Morgan fingerprint density at radius 3 is 2.95 bits per heavy atom. The van der Waals surface area contributed by atoms with E-state index in [9.17, 15) is 10.1 Å². The highest BCUT2D eigenvalue weighted by Crippen LogP contribution is 2.27. The molecular weight excluding hydrogens is 262 g/mol. The van der Waals surface area contributed by atoms with Crippen LogP contribution in [0.2, 0.25) is 0 Å². The summed E-state index contributed by atoms with van der Waals surface area (Å²) in [7, 11) is 0. The van der Waals surface area contributed by atoms with Crippen molar-refractivity contribution < 1.29 is 9.45 Å². The number of hydrogen-bond acceptors (Lipinski definition) is 7. The number of aryl methyl sites for hydroxylation is 1. The zero-order chi connectivity index (χ0) is 14.5. The molecule has 0 amide bonds. The van der Waals surface area contributed by atoms with Gasteiger partial charge in [-0.3, -0.25) is 10.1 Å². The molecule has 2 aromatic rings. The van der Waals surface area contributed by atoms with Gasteiger partial charge >= 0.3 is 5.69 Å². The van der Waals surface area contributed by atoms with E-state index in [-0.39, 0.29) is 11.3 Å². The number of rotatable bonds is 5. The van der Waals surface area contributed by atoms with Crippen LogP contribution in [0.4, 0.5) is 11.4 Å². The molecule has 102 valence electrons. The van der Waals surface area contributed by atoms with Crippen molar-refractivity contribution in [1.29, 1.82) is 5.26 Å². The number of benzene rings is 1. The lowest BCUT2D eigenvalue weighted by Crippen LogP contribution is -2.08. The molecule has 8 heteroatoms. The average molecular weight is 273 g/mol. The highest BCUT2D eigenvalue weighted by molar-refractivity contribution is 5.68. The van der Waals surface area contributed by atoms with Crippen LogP contribution in [-0.4, -0.2) is 21.6 Å². The number of anilines is 1. The predicted molar refractivity (Wildman–Crippen MR) is 69.0 cm³/mol. The molecule has 2 rings (SSSR count). The Kier molecular flexibility index (Phi) is 3.91. The minimum atomic E-state index is -0.570. The highest BCUT2D eigenvalue weighted by atomic mass is 16.6. The molecule has 0 unspecified atom stereocenters. The summed E-state index contributed by atoms with van der Waals surface area (Å²) < 4.78 is 4.83. The van der Waals surface area contributed by atoms with Crippen molar-refractivity contribution in [1.82, 2.24) is 10.1 Å². The monoisotopic (exact) mass is 273 g/mol. The molecule has 0 radical (unpaired) electrons. The standard InChI is InChI=1S/C12H11N5O3/c1-8-15-11(16-20-8)5-6-14-10-4-2-3-9(7-13)12(10)17(18)19/h2-4,14H,5-6H2,1H3. The Hall–Kier alpha value is -2.95. The fourth-order valence-corrected chi connectivity index (χ4v) is 1.72. The van der Waals surface area contributed by atoms with Gasteiger partial charge in [-0.25, -0.2) is 0 Å². The molecule has 0 saturated heterocycles. The molecule has 0 aliphatic carbocycles. The Morgan fingerprint density at radius 2 is 2.35 bits per heavy atom. The van der Waals surface area contributed by atoms with E-state index in [1.807, 2.05) is 6.07 Å². The first-order valence-corrected chi connectivity index (χ1v) is 5.82. The zero-order valence-corrected chi connectivity index (χ0v) is 10.7. The lowest BCUT2D eigenvalue weighted by atomic mass is 10.1. The second-order valence-electron chi connectivity index (χ2n) is 3.98. The number of nitro benzene ring substituents is 1. The number of hydrogen-bond donors (Lipinski definition) is 1. The molecule has 0 atom stereocenters. The Labute approximate surface area is 114 Å². The summed E-state index contributed by atoms with van der Waals surface area (Å²) in [5, 5.41) is 26.5. The lowest BCUT2D eigenvalue weighted by Gasteiger charge is -2.06. The number of nitrogens with zero attached hydrogens (tertiary/aromatic N) is 4. The van der Waals surface area contributed by atoms with E-state index in [2.05, 4.69) is 15.5 Å². The molecule has 1 N–H and O–H groups in total. The first-order chi connectivity index (χ1) is 9.61. The van der Waals surface area contributed by atoms with Gasteiger partial charge in [0.15, 0.2) is 5.82 Å². The molecule has 0 bridgehead atoms. The van der Waals surface area contributed by atoms with E-state index < -0.39 is 4.92 Å². The minimum Gasteiger partial charge on any atom is -0.379 e. The minimum absolute atomic E-state index is 0.0235. The SMILES string of the molecule is Cc1nc(CCNc2cccc(C#N)c2[N+](=O)[O-])no1. The van der Waals surface area contributed by atoms with Crippen molar-refractivity contribution in [3.05, 3.63) is 45.6 Å². The fraction of sp³-hybridized carbons (Fsp3) is 0.250. The van der Waals surface area contributed by atoms with E-state index in [4.69, 9.17) is 9.78 Å². The Balaban J connectivity index is 2.10. The molecule has 1 aromatic carbocycles. The average Bonchev–Trinajstić information content (AvgIpc) is 2.83. The van der Waals surface area contributed by atoms with Crippen LogP contribution in [0.1, 0.15) is 17.3 Å². The Bertz CT molecular complexity index is 674. The maximum absolute atomic E-state index is 11.0. The molecule has 0 saturated carbocycles. The van der Waals surface area contributed by atoms with E-state index in [0.29, 0.717) is 30.4 Å². The molecule has 20 heavy (non-hydrogen) atoms. The molecular formula is C12H11N5O3. The summed E-state index contributed by atoms with van der Waals surface area (Å²) in [6, 6.07) is 6.36. The van der Waals surface area contributed by atoms with Gasteiger partial charge in [-0.2, -0.15) is 10.2 Å². The summed E-state index contributed by atoms with van der Waals surface area (Å²) in [4.78, 5) is 14.5. The van der Waals surface area contributed by atoms with Gasteiger partial charge in [-0.15, -0.1) is 0 Å². The van der Waals surface area contributed by atoms with Gasteiger partial charge in [-0.05, 0) is 12.1 Å². The van der Waals surface area contributed by atoms with E-state index in [1.54, 1.807) is 19.1 Å². The fourth-order valence-electron chi connectivity index (χ4n) is 1.72. The van der Waals surface area contributed by atoms with Gasteiger partial charge in [0, 0.05) is 19.9 Å². The van der Waals surface area contributed by atoms with Crippen molar-refractivity contribution in [3.8, 4) is 6.07 Å². The van der Waals surface area contributed by atoms with Crippen LogP contribution in [0.25, 0.3) is 0 Å². The third-order valence-electron chi connectivity index (χ3n) is 2.57. The number of aromatic nitrogens is 2. The van der Waals surface area contributed by atoms with Gasteiger partial charge in [0.1, 0.15) is 17.3 Å². The summed E-state index contributed by atoms with van der Waals surface area (Å²) in [6.07, 6.45) is 0.464. The molecule has 8 nitrogen and oxygen atoms in total. The normalized spacial score (nSPS) is 10.0. The first-order valence-electron chi connectivity index (χ1n) is 5.82. The lowest BCUT2D eigenvalue weighted by molar-refractivity contribution is -0.384. The number of nitro groups is 1. The highest BCUT2D eigenvalue weighted by Gasteiger charge is 2.19. The number of nitriles is 1. The quantitative estimate of drug-likeness (QED) is 0.651. The van der Waals surface area contributed by atoms with E-state index >= 15 is 0 Å². The first kappa shape index (κ1) is 13.5. The molecule has 0 aliphatic heterocycles. The van der Waals surface area contributed by atoms with Crippen molar-refractivity contribution >= 4 is 11.4 Å². The topological polar surface area (TPSA) is 118 Å². The van der Waals surface area contributed by atoms with Gasteiger partial charge < -0.3 is 9.84 Å². The van der Waals surface area contributed by atoms with Crippen LogP contribution in [0.3, 0.4) is 0 Å². The maximum Gasteiger partial charge on any atom is 0.309 e. The summed E-state index contributed by atoms with van der Waals surface area (Å²) in [6.45, 7) is 2.08. The number of para-hydroxylation sites is 1. The van der Waals surface area contributed by atoms with Gasteiger partial charge in [-0.1, -0.05) is 11.2 Å². The summed E-state index contributed by atoms with van der Waals surface area (Å²) in [5.41, 5.74) is 0.101. The van der Waals surface area contributed by atoms with Gasteiger partial charge in [0.05, 0.1) is 4.92 Å². The predicted octanol–water partition coefficient (Wildman–Crippen LogP) is 1.81. The van der Waals surface area contributed by atoms with Crippen molar-refractivity contribution in [2.75, 3.05) is 11.9 Å². The van der Waals surface area contributed by atoms with Crippen LogP contribution >= 0.6 is 0 Å². The second-order valence-corrected chi connectivity index (χ2v) is 3.98. The molecule has 1 heterocycles. The number of nitrogens with one attached hydrogen (secondary N) is 1. The van der Waals surface area contributed by atoms with Crippen LogP contribution < -0.4 is 5.32 Å².